The molecule has 0 radical (unpaired) electrons. The van der Waals surface area contributed by atoms with E-state index in [9.17, 15) is 39.2 Å². The Bertz CT molecular complexity index is 576. The lowest BCUT2D eigenvalue weighted by Crippen LogP contribution is -2.32. The minimum Gasteiger partial charge on any atom is -0.245 e. The second kappa shape index (κ2) is 5.20. The zero-order valence-corrected chi connectivity index (χ0v) is 9.98. The summed E-state index contributed by atoms with van der Waals surface area (Å²) in [6.07, 6.45) is -8.93. The summed E-state index contributed by atoms with van der Waals surface area (Å²) in [5.74, 6) is -1.19. The van der Waals surface area contributed by atoms with Gasteiger partial charge in [-0.15, -0.1) is 0 Å². The van der Waals surface area contributed by atoms with E-state index in [1.807, 2.05) is 0 Å². The van der Waals surface area contributed by atoms with Crippen LogP contribution in [0.5, 0.6) is 0 Å². The van der Waals surface area contributed by atoms with Crippen LogP contribution in [-0.2, 0) is 14.3 Å². The van der Waals surface area contributed by atoms with Gasteiger partial charge in [0.2, 0.25) is 0 Å². The van der Waals surface area contributed by atoms with E-state index in [0.29, 0.717) is 6.07 Å². The molecule has 0 aliphatic rings. The molecule has 0 saturated heterocycles. The number of hydrogen-bond donors (Lipinski definition) is 0. The molecule has 0 bridgehead atoms. The van der Waals surface area contributed by atoms with Crippen LogP contribution < -0.4 is 0 Å². The molecule has 3 nitrogen and oxygen atoms in total. The third-order valence-corrected chi connectivity index (χ3v) is 2.97. The van der Waals surface area contributed by atoms with Crippen LogP contribution >= 0.6 is 0 Å². The second-order valence-electron chi connectivity index (χ2n) is 3.47. The number of hydrogen-bond acceptors (Lipinski definition) is 3. The van der Waals surface area contributed by atoms with E-state index in [-0.39, 0.29) is 6.07 Å². The van der Waals surface area contributed by atoms with Crippen LogP contribution in [0.1, 0.15) is 11.7 Å². The van der Waals surface area contributed by atoms with E-state index >= 15 is 0 Å². The Hall–Kier alpha value is -1.36. The summed E-state index contributed by atoms with van der Waals surface area (Å²) in [4.78, 5) is 0. The molecular formula is C9H5F7O3S. The zero-order valence-electron chi connectivity index (χ0n) is 9.17. The van der Waals surface area contributed by atoms with Crippen molar-refractivity contribution in [3.8, 4) is 0 Å². The van der Waals surface area contributed by atoms with Gasteiger partial charge in [-0.3, -0.25) is 0 Å². The quantitative estimate of drug-likeness (QED) is 0.486. The second-order valence-corrected chi connectivity index (χ2v) is 5.04. The molecule has 1 aromatic carbocycles. The molecule has 0 aromatic heterocycles. The van der Waals surface area contributed by atoms with Crippen molar-refractivity contribution in [2.24, 2.45) is 0 Å². The Balaban J connectivity index is 3.24. The average molecular weight is 326 g/mol. The maximum atomic E-state index is 12.8. The van der Waals surface area contributed by atoms with Gasteiger partial charge in [0.05, 0.1) is 0 Å². The lowest BCUT2D eigenvalue weighted by molar-refractivity contribution is -0.200. The van der Waals surface area contributed by atoms with E-state index in [0.717, 1.165) is 12.1 Å². The summed E-state index contributed by atoms with van der Waals surface area (Å²) < 4.78 is 111. The third-order valence-electron chi connectivity index (χ3n) is 1.96. The first kappa shape index (κ1) is 16.7. The molecule has 0 heterocycles. The molecule has 0 N–H and O–H groups in total. The zero-order chi connectivity index (χ0) is 15.8. The Morgan fingerprint density at radius 2 is 1.60 bits per heavy atom. The van der Waals surface area contributed by atoms with Crippen molar-refractivity contribution in [3.05, 3.63) is 35.6 Å². The molecule has 1 atom stereocenters. The molecule has 0 spiro atoms. The number of halogens is 7. The Kier molecular flexibility index (Phi) is 4.34. The van der Waals surface area contributed by atoms with Crippen LogP contribution in [0.3, 0.4) is 0 Å². The molecule has 114 valence electrons. The molecule has 0 aliphatic heterocycles. The van der Waals surface area contributed by atoms with Gasteiger partial charge in [-0.1, -0.05) is 12.1 Å². The molecule has 20 heavy (non-hydrogen) atoms. The van der Waals surface area contributed by atoms with Gasteiger partial charge in [0.1, 0.15) is 5.82 Å². The molecule has 1 rings (SSSR count). The van der Waals surface area contributed by atoms with Crippen molar-refractivity contribution in [3.63, 3.8) is 0 Å². The van der Waals surface area contributed by atoms with Crippen molar-refractivity contribution < 1.29 is 43.3 Å². The van der Waals surface area contributed by atoms with Crippen molar-refractivity contribution in [1.82, 2.24) is 0 Å². The van der Waals surface area contributed by atoms with Crippen LogP contribution in [0.2, 0.25) is 0 Å². The Morgan fingerprint density at radius 1 is 1.05 bits per heavy atom. The van der Waals surface area contributed by atoms with E-state index in [4.69, 9.17) is 0 Å². The first-order valence-corrected chi connectivity index (χ1v) is 6.07. The van der Waals surface area contributed by atoms with Crippen LogP contribution in [0.4, 0.5) is 30.7 Å². The van der Waals surface area contributed by atoms with Crippen LogP contribution in [0.15, 0.2) is 24.3 Å². The smallest absolute Gasteiger partial charge is 0.245 e. The third kappa shape index (κ3) is 3.82. The maximum absolute atomic E-state index is 12.8. The van der Waals surface area contributed by atoms with Crippen LogP contribution in [0.25, 0.3) is 0 Å². The summed E-state index contributed by atoms with van der Waals surface area (Å²) >= 11 is 0. The first-order chi connectivity index (χ1) is 8.84. The molecule has 1 unspecified atom stereocenters. The molecule has 0 amide bonds. The minimum absolute atomic E-state index is 0.226. The summed E-state index contributed by atoms with van der Waals surface area (Å²) in [6, 6.07) is 2.32. The fourth-order valence-electron chi connectivity index (χ4n) is 1.15. The summed E-state index contributed by atoms with van der Waals surface area (Å²) in [7, 11) is -6.48. The highest BCUT2D eigenvalue weighted by Gasteiger charge is 2.54. The number of benzene rings is 1. The van der Waals surface area contributed by atoms with Gasteiger partial charge >= 0.3 is 21.8 Å². The standard InChI is InChI=1S/C9H5F7O3S/c10-6-3-1-2-5(4-6)7(8(11,12)13)19-20(17,18)9(14,15)16/h1-4,7H. The first-order valence-electron chi connectivity index (χ1n) is 4.66. The lowest BCUT2D eigenvalue weighted by Gasteiger charge is -2.21. The summed E-state index contributed by atoms with van der Waals surface area (Å²) in [6.45, 7) is 0. The summed E-state index contributed by atoms with van der Waals surface area (Å²) in [5.41, 5.74) is -7.13. The van der Waals surface area contributed by atoms with Gasteiger partial charge in [0, 0.05) is 0 Å². The van der Waals surface area contributed by atoms with Crippen molar-refractivity contribution in [2.45, 2.75) is 17.8 Å². The molecule has 0 fully saturated rings. The summed E-state index contributed by atoms with van der Waals surface area (Å²) in [5, 5.41) is 0. The largest absolute Gasteiger partial charge is 0.523 e. The number of rotatable bonds is 3. The Labute approximate surface area is 108 Å². The predicted octanol–water partition coefficient (Wildman–Crippen LogP) is 3.30. The van der Waals surface area contributed by atoms with Crippen molar-refractivity contribution in [1.29, 1.82) is 0 Å². The van der Waals surface area contributed by atoms with E-state index < -0.39 is 39.3 Å². The molecule has 1 aromatic rings. The molecular weight excluding hydrogens is 321 g/mol. The highest BCUT2D eigenvalue weighted by atomic mass is 32.2. The van der Waals surface area contributed by atoms with Gasteiger partial charge in [0.15, 0.2) is 6.10 Å². The van der Waals surface area contributed by atoms with E-state index in [2.05, 4.69) is 4.18 Å². The normalized spacial score (nSPS) is 15.2. The van der Waals surface area contributed by atoms with Crippen LogP contribution in [0, 0.1) is 5.82 Å². The minimum atomic E-state index is -6.48. The van der Waals surface area contributed by atoms with Gasteiger partial charge in [-0.2, -0.15) is 34.8 Å². The van der Waals surface area contributed by atoms with Gasteiger partial charge < -0.3 is 0 Å². The molecule has 11 heteroatoms. The fourth-order valence-corrected chi connectivity index (χ4v) is 1.73. The van der Waals surface area contributed by atoms with Crippen molar-refractivity contribution in [2.75, 3.05) is 0 Å². The van der Waals surface area contributed by atoms with E-state index in [1.165, 1.54) is 0 Å². The Morgan fingerprint density at radius 3 is 2.00 bits per heavy atom. The predicted molar refractivity (Wildman–Crippen MR) is 51.3 cm³/mol. The van der Waals surface area contributed by atoms with Crippen LogP contribution in [-0.4, -0.2) is 20.1 Å². The highest BCUT2D eigenvalue weighted by molar-refractivity contribution is 7.87. The highest BCUT2D eigenvalue weighted by Crippen LogP contribution is 2.40. The number of alkyl halides is 6. The van der Waals surface area contributed by atoms with Crippen molar-refractivity contribution >= 4 is 10.1 Å². The fraction of sp³-hybridized carbons (Fsp3) is 0.333. The topological polar surface area (TPSA) is 43.4 Å². The average Bonchev–Trinajstić information content (AvgIpc) is 2.22. The molecule has 0 saturated carbocycles. The van der Waals surface area contributed by atoms with Gasteiger partial charge in [0.25, 0.3) is 0 Å². The lowest BCUT2D eigenvalue weighted by atomic mass is 10.1. The van der Waals surface area contributed by atoms with Gasteiger partial charge in [-0.05, 0) is 17.7 Å². The SMILES string of the molecule is O=S(=O)(OC(c1cccc(F)c1)C(F)(F)F)C(F)(F)F. The molecule has 0 aliphatic carbocycles. The monoisotopic (exact) mass is 326 g/mol. The van der Waals surface area contributed by atoms with E-state index in [1.54, 1.807) is 0 Å². The maximum Gasteiger partial charge on any atom is 0.523 e. The van der Waals surface area contributed by atoms with Gasteiger partial charge in [-0.25, -0.2) is 8.57 Å².